The van der Waals surface area contributed by atoms with Gasteiger partial charge in [0.25, 0.3) is 0 Å². The van der Waals surface area contributed by atoms with Crippen molar-refractivity contribution >= 4 is 12.0 Å². The van der Waals surface area contributed by atoms with Crippen molar-refractivity contribution in [3.05, 3.63) is 0 Å². The normalized spacial score (nSPS) is 30.2. The van der Waals surface area contributed by atoms with Gasteiger partial charge in [-0.25, -0.2) is 4.79 Å². The Balaban J connectivity index is 1.74. The molecule has 0 bridgehead atoms. The number of carboxylic acids is 1. The lowest BCUT2D eigenvalue weighted by Crippen LogP contribution is -2.52. The quantitative estimate of drug-likeness (QED) is 0.721. The summed E-state index contributed by atoms with van der Waals surface area (Å²) in [6, 6.07) is 0.123. The Labute approximate surface area is 119 Å². The van der Waals surface area contributed by atoms with Gasteiger partial charge in [0.05, 0.1) is 0 Å². The average Bonchev–Trinajstić information content (AvgIpc) is 2.88. The Morgan fingerprint density at radius 1 is 1.25 bits per heavy atom. The molecular weight excluding hydrogens is 258 g/mol. The standard InChI is InChI=1S/C14H25N3O3/c15-11-3-1-2-4-12(11)16-14(20)17-8-7-10(9-17)5-6-13(18)19/h10-12H,1-9,15H2,(H,16,20)(H,18,19). The number of carbonyl (C=O) groups is 2. The van der Waals surface area contributed by atoms with Gasteiger partial charge >= 0.3 is 12.0 Å². The van der Waals surface area contributed by atoms with Crippen LogP contribution < -0.4 is 11.1 Å². The summed E-state index contributed by atoms with van der Waals surface area (Å²) >= 11 is 0. The van der Waals surface area contributed by atoms with Crippen molar-refractivity contribution in [2.24, 2.45) is 11.7 Å². The van der Waals surface area contributed by atoms with Crippen molar-refractivity contribution < 1.29 is 14.7 Å². The molecule has 4 N–H and O–H groups in total. The number of carbonyl (C=O) groups excluding carboxylic acids is 1. The van der Waals surface area contributed by atoms with Crippen molar-refractivity contribution in [2.45, 2.75) is 57.0 Å². The highest BCUT2D eigenvalue weighted by atomic mass is 16.4. The van der Waals surface area contributed by atoms with Crippen molar-refractivity contribution in [1.29, 1.82) is 0 Å². The van der Waals surface area contributed by atoms with Crippen molar-refractivity contribution in [1.82, 2.24) is 10.2 Å². The van der Waals surface area contributed by atoms with Gasteiger partial charge in [0.2, 0.25) is 0 Å². The predicted molar refractivity (Wildman–Crippen MR) is 75.3 cm³/mol. The number of nitrogens with two attached hydrogens (primary N) is 1. The van der Waals surface area contributed by atoms with Crippen LogP contribution in [-0.4, -0.2) is 47.2 Å². The number of amides is 2. The van der Waals surface area contributed by atoms with Crippen molar-refractivity contribution in [3.8, 4) is 0 Å². The van der Waals surface area contributed by atoms with E-state index in [2.05, 4.69) is 5.32 Å². The lowest BCUT2D eigenvalue weighted by Gasteiger charge is -2.31. The summed E-state index contributed by atoms with van der Waals surface area (Å²) in [5.74, 6) is -0.446. The van der Waals surface area contributed by atoms with E-state index in [9.17, 15) is 9.59 Å². The first-order chi connectivity index (χ1) is 9.56. The topological polar surface area (TPSA) is 95.7 Å². The minimum atomic E-state index is -0.763. The van der Waals surface area contributed by atoms with Gasteiger partial charge in [-0.2, -0.15) is 0 Å². The van der Waals surface area contributed by atoms with Crippen LogP contribution in [0.2, 0.25) is 0 Å². The van der Waals surface area contributed by atoms with Gasteiger partial charge in [0.15, 0.2) is 0 Å². The van der Waals surface area contributed by atoms with Gasteiger partial charge in [0, 0.05) is 31.6 Å². The first-order valence-corrected chi connectivity index (χ1v) is 7.59. The highest BCUT2D eigenvalue weighted by Crippen LogP contribution is 2.22. The Morgan fingerprint density at radius 3 is 2.70 bits per heavy atom. The fourth-order valence-corrected chi connectivity index (χ4v) is 3.17. The Hall–Kier alpha value is -1.30. The van der Waals surface area contributed by atoms with Gasteiger partial charge in [-0.3, -0.25) is 4.79 Å². The maximum atomic E-state index is 12.2. The molecule has 3 unspecified atom stereocenters. The van der Waals surface area contributed by atoms with E-state index in [4.69, 9.17) is 10.8 Å². The number of carboxylic acid groups (broad SMARTS) is 1. The van der Waals surface area contributed by atoms with E-state index in [1.807, 2.05) is 0 Å². The SMILES string of the molecule is NC1CCCCC1NC(=O)N1CCC(CCC(=O)O)C1. The number of rotatable bonds is 4. The van der Waals surface area contributed by atoms with Gasteiger partial charge in [-0.15, -0.1) is 0 Å². The summed E-state index contributed by atoms with van der Waals surface area (Å²) in [7, 11) is 0. The molecule has 2 amide bonds. The summed E-state index contributed by atoms with van der Waals surface area (Å²) in [6.45, 7) is 1.39. The highest BCUT2D eigenvalue weighted by Gasteiger charge is 2.29. The fourth-order valence-electron chi connectivity index (χ4n) is 3.17. The van der Waals surface area contributed by atoms with Gasteiger partial charge in [0.1, 0.15) is 0 Å². The molecule has 0 aromatic rings. The first kappa shape index (κ1) is 15.1. The molecule has 2 fully saturated rings. The van der Waals surface area contributed by atoms with Gasteiger partial charge in [-0.05, 0) is 31.6 Å². The number of urea groups is 1. The molecule has 3 atom stereocenters. The predicted octanol–water partition coefficient (Wildman–Crippen LogP) is 1.15. The van der Waals surface area contributed by atoms with Crippen LogP contribution in [-0.2, 0) is 4.79 Å². The molecule has 6 nitrogen and oxygen atoms in total. The summed E-state index contributed by atoms with van der Waals surface area (Å²) in [6.07, 6.45) is 5.96. The zero-order valence-electron chi connectivity index (χ0n) is 11.9. The largest absolute Gasteiger partial charge is 0.481 e. The zero-order chi connectivity index (χ0) is 14.5. The highest BCUT2D eigenvalue weighted by molar-refractivity contribution is 5.75. The number of nitrogens with one attached hydrogen (secondary N) is 1. The molecule has 1 saturated carbocycles. The third-order valence-corrected chi connectivity index (χ3v) is 4.47. The molecule has 6 heteroatoms. The third-order valence-electron chi connectivity index (χ3n) is 4.47. The van der Waals surface area contributed by atoms with Crippen molar-refractivity contribution in [3.63, 3.8) is 0 Å². The molecule has 0 radical (unpaired) electrons. The Bertz CT molecular complexity index is 362. The van der Waals surface area contributed by atoms with Gasteiger partial charge < -0.3 is 21.1 Å². The summed E-state index contributed by atoms with van der Waals surface area (Å²) < 4.78 is 0. The Kier molecular flexibility index (Phi) is 5.23. The van der Waals surface area contributed by atoms with Crippen LogP contribution in [0.1, 0.15) is 44.9 Å². The summed E-state index contributed by atoms with van der Waals surface area (Å²) in [5.41, 5.74) is 6.04. The number of hydrogen-bond donors (Lipinski definition) is 3. The number of nitrogens with zero attached hydrogens (tertiary/aromatic N) is 1. The maximum absolute atomic E-state index is 12.2. The van der Waals surface area contributed by atoms with Crippen LogP contribution >= 0.6 is 0 Å². The molecular formula is C14H25N3O3. The smallest absolute Gasteiger partial charge is 0.317 e. The van der Waals surface area contributed by atoms with E-state index < -0.39 is 5.97 Å². The first-order valence-electron chi connectivity index (χ1n) is 7.59. The van der Waals surface area contributed by atoms with Crippen LogP contribution in [0, 0.1) is 5.92 Å². The minimum absolute atomic E-state index is 0.0369. The molecule has 1 heterocycles. The van der Waals surface area contributed by atoms with Crippen molar-refractivity contribution in [2.75, 3.05) is 13.1 Å². The molecule has 1 aliphatic heterocycles. The molecule has 2 rings (SSSR count). The molecule has 2 aliphatic rings. The second-order valence-corrected chi connectivity index (χ2v) is 6.04. The molecule has 0 spiro atoms. The van der Waals surface area contributed by atoms with E-state index in [1.54, 1.807) is 4.90 Å². The van der Waals surface area contributed by atoms with E-state index in [-0.39, 0.29) is 24.5 Å². The summed E-state index contributed by atoms with van der Waals surface area (Å²) in [5, 5.41) is 11.7. The van der Waals surface area contributed by atoms with Crippen LogP contribution in [0.15, 0.2) is 0 Å². The lowest BCUT2D eigenvalue weighted by atomic mass is 9.91. The molecule has 114 valence electrons. The maximum Gasteiger partial charge on any atom is 0.317 e. The molecule has 1 aliphatic carbocycles. The molecule has 0 aromatic carbocycles. The van der Waals surface area contributed by atoms with E-state index in [1.165, 1.54) is 0 Å². The van der Waals surface area contributed by atoms with Crippen LogP contribution in [0.3, 0.4) is 0 Å². The van der Waals surface area contributed by atoms with Crippen LogP contribution in [0.5, 0.6) is 0 Å². The number of likely N-dealkylation sites (tertiary alicyclic amines) is 1. The zero-order valence-corrected chi connectivity index (χ0v) is 11.9. The lowest BCUT2D eigenvalue weighted by molar-refractivity contribution is -0.137. The van der Waals surface area contributed by atoms with E-state index in [0.29, 0.717) is 18.9 Å². The van der Waals surface area contributed by atoms with E-state index in [0.717, 1.165) is 38.6 Å². The van der Waals surface area contributed by atoms with E-state index >= 15 is 0 Å². The second-order valence-electron chi connectivity index (χ2n) is 6.04. The molecule has 20 heavy (non-hydrogen) atoms. The van der Waals surface area contributed by atoms with Crippen LogP contribution in [0.25, 0.3) is 0 Å². The monoisotopic (exact) mass is 283 g/mol. The second kappa shape index (κ2) is 6.92. The van der Waals surface area contributed by atoms with Gasteiger partial charge in [-0.1, -0.05) is 12.8 Å². The third kappa shape index (κ3) is 4.10. The fraction of sp³-hybridized carbons (Fsp3) is 0.857. The van der Waals surface area contributed by atoms with Crippen LogP contribution in [0.4, 0.5) is 4.79 Å². The minimum Gasteiger partial charge on any atom is -0.481 e. The number of aliphatic carboxylic acids is 1. The Morgan fingerprint density at radius 2 is 2.00 bits per heavy atom. The molecule has 0 aromatic heterocycles. The number of hydrogen-bond acceptors (Lipinski definition) is 3. The molecule has 1 saturated heterocycles. The summed E-state index contributed by atoms with van der Waals surface area (Å²) in [4.78, 5) is 24.5. The average molecular weight is 283 g/mol.